The van der Waals surface area contributed by atoms with Gasteiger partial charge in [0.2, 0.25) is 0 Å². The van der Waals surface area contributed by atoms with Crippen LogP contribution in [0.2, 0.25) is 0 Å². The lowest BCUT2D eigenvalue weighted by molar-refractivity contribution is 0.339. The van der Waals surface area contributed by atoms with E-state index in [1.165, 1.54) is 16.7 Å². The largest absolute Gasteiger partial charge is 0.494 e. The third kappa shape index (κ3) is 2.74. The van der Waals surface area contributed by atoms with Crippen molar-refractivity contribution in [1.29, 1.82) is 0 Å². The Morgan fingerprint density at radius 2 is 2.00 bits per heavy atom. The van der Waals surface area contributed by atoms with E-state index >= 15 is 0 Å². The molecular formula is C17H18BrNO. The lowest BCUT2D eigenvalue weighted by atomic mass is 9.90. The molecule has 20 heavy (non-hydrogen) atoms. The summed E-state index contributed by atoms with van der Waals surface area (Å²) in [6, 6.07) is 15.3. The van der Waals surface area contributed by atoms with Crippen LogP contribution in [0, 0.1) is 0 Å². The minimum absolute atomic E-state index is 0.280. The zero-order valence-electron chi connectivity index (χ0n) is 11.5. The maximum absolute atomic E-state index is 5.60. The van der Waals surface area contributed by atoms with Crippen LogP contribution in [0.5, 0.6) is 5.75 Å². The first kappa shape index (κ1) is 13.7. The SMILES string of the molecule is CCOc1ccc2c(c1)CCNC2c1ccc(Br)cc1. The molecule has 1 unspecified atom stereocenters. The molecule has 1 aliphatic rings. The van der Waals surface area contributed by atoms with E-state index in [1.807, 2.05) is 6.92 Å². The zero-order valence-corrected chi connectivity index (χ0v) is 13.1. The molecule has 0 aromatic heterocycles. The van der Waals surface area contributed by atoms with Gasteiger partial charge in [0.25, 0.3) is 0 Å². The van der Waals surface area contributed by atoms with Crippen LogP contribution in [0.1, 0.15) is 29.7 Å². The monoisotopic (exact) mass is 331 g/mol. The lowest BCUT2D eigenvalue weighted by Crippen LogP contribution is -2.30. The van der Waals surface area contributed by atoms with E-state index in [1.54, 1.807) is 0 Å². The Bertz CT molecular complexity index is 594. The van der Waals surface area contributed by atoms with Gasteiger partial charge in [0.05, 0.1) is 12.6 Å². The smallest absolute Gasteiger partial charge is 0.119 e. The summed E-state index contributed by atoms with van der Waals surface area (Å²) in [5.74, 6) is 0.975. The fraction of sp³-hybridized carbons (Fsp3) is 0.294. The molecule has 0 radical (unpaired) electrons. The van der Waals surface area contributed by atoms with Gasteiger partial charge in [0, 0.05) is 11.0 Å². The average molecular weight is 332 g/mol. The van der Waals surface area contributed by atoms with Crippen molar-refractivity contribution in [2.24, 2.45) is 0 Å². The Morgan fingerprint density at radius 3 is 2.75 bits per heavy atom. The van der Waals surface area contributed by atoms with Gasteiger partial charge in [-0.15, -0.1) is 0 Å². The summed E-state index contributed by atoms with van der Waals surface area (Å²) in [5.41, 5.74) is 4.06. The predicted octanol–water partition coefficient (Wildman–Crippen LogP) is 4.08. The molecule has 1 aliphatic heterocycles. The topological polar surface area (TPSA) is 21.3 Å². The maximum atomic E-state index is 5.60. The molecule has 1 heterocycles. The van der Waals surface area contributed by atoms with Crippen molar-refractivity contribution in [2.45, 2.75) is 19.4 Å². The number of hydrogen-bond donors (Lipinski definition) is 1. The Balaban J connectivity index is 1.95. The highest BCUT2D eigenvalue weighted by Gasteiger charge is 2.21. The second-order valence-corrected chi connectivity index (χ2v) is 5.90. The summed E-state index contributed by atoms with van der Waals surface area (Å²) in [7, 11) is 0. The minimum Gasteiger partial charge on any atom is -0.494 e. The molecule has 2 aromatic rings. The van der Waals surface area contributed by atoms with E-state index in [2.05, 4.69) is 63.7 Å². The Morgan fingerprint density at radius 1 is 1.20 bits per heavy atom. The molecular weight excluding hydrogens is 314 g/mol. The molecule has 2 aromatic carbocycles. The van der Waals surface area contributed by atoms with Gasteiger partial charge < -0.3 is 10.1 Å². The highest BCUT2D eigenvalue weighted by molar-refractivity contribution is 9.10. The van der Waals surface area contributed by atoms with Gasteiger partial charge in [0.15, 0.2) is 0 Å². The summed E-state index contributed by atoms with van der Waals surface area (Å²) in [4.78, 5) is 0. The summed E-state index contributed by atoms with van der Waals surface area (Å²) >= 11 is 3.49. The van der Waals surface area contributed by atoms with Crippen LogP contribution in [0.4, 0.5) is 0 Å². The molecule has 0 saturated heterocycles. The molecule has 3 heteroatoms. The number of ether oxygens (including phenoxy) is 1. The quantitative estimate of drug-likeness (QED) is 0.914. The van der Waals surface area contributed by atoms with E-state index in [0.29, 0.717) is 6.61 Å². The second-order valence-electron chi connectivity index (χ2n) is 4.98. The average Bonchev–Trinajstić information content (AvgIpc) is 2.48. The Hall–Kier alpha value is -1.32. The minimum atomic E-state index is 0.280. The first-order valence-corrected chi connectivity index (χ1v) is 7.81. The molecule has 0 aliphatic carbocycles. The number of nitrogens with one attached hydrogen (secondary N) is 1. The molecule has 1 atom stereocenters. The van der Waals surface area contributed by atoms with Crippen LogP contribution in [0.25, 0.3) is 0 Å². The zero-order chi connectivity index (χ0) is 13.9. The predicted molar refractivity (Wildman–Crippen MR) is 85.3 cm³/mol. The van der Waals surface area contributed by atoms with Crippen LogP contribution >= 0.6 is 15.9 Å². The van der Waals surface area contributed by atoms with Gasteiger partial charge >= 0.3 is 0 Å². The number of rotatable bonds is 3. The van der Waals surface area contributed by atoms with Crippen molar-refractivity contribution in [3.8, 4) is 5.75 Å². The standard InChI is InChI=1S/C17H18BrNO/c1-2-20-15-7-8-16-13(11-15)9-10-19-17(16)12-3-5-14(18)6-4-12/h3-8,11,17,19H,2,9-10H2,1H3. The van der Waals surface area contributed by atoms with Crippen molar-refractivity contribution < 1.29 is 4.74 Å². The second kappa shape index (κ2) is 5.98. The number of benzene rings is 2. The third-order valence-corrected chi connectivity index (χ3v) is 4.21. The molecule has 0 spiro atoms. The van der Waals surface area contributed by atoms with Crippen molar-refractivity contribution in [3.63, 3.8) is 0 Å². The number of fused-ring (bicyclic) bond motifs is 1. The molecule has 3 rings (SSSR count). The van der Waals surface area contributed by atoms with Crippen molar-refractivity contribution in [1.82, 2.24) is 5.32 Å². The van der Waals surface area contributed by atoms with Gasteiger partial charge in [-0.25, -0.2) is 0 Å². The van der Waals surface area contributed by atoms with Gasteiger partial charge in [-0.1, -0.05) is 34.1 Å². The van der Waals surface area contributed by atoms with E-state index in [0.717, 1.165) is 23.2 Å². The van der Waals surface area contributed by atoms with Gasteiger partial charge in [-0.2, -0.15) is 0 Å². The number of halogens is 1. The lowest BCUT2D eigenvalue weighted by Gasteiger charge is -2.28. The summed E-state index contributed by atoms with van der Waals surface area (Å²) in [5, 5.41) is 3.61. The van der Waals surface area contributed by atoms with Gasteiger partial charge in [0.1, 0.15) is 5.75 Å². The molecule has 104 valence electrons. The molecule has 0 saturated carbocycles. The highest BCUT2D eigenvalue weighted by Crippen LogP contribution is 2.31. The van der Waals surface area contributed by atoms with E-state index in [4.69, 9.17) is 4.74 Å². The normalized spacial score (nSPS) is 17.6. The fourth-order valence-electron chi connectivity index (χ4n) is 2.75. The molecule has 0 amide bonds. The molecule has 2 nitrogen and oxygen atoms in total. The summed E-state index contributed by atoms with van der Waals surface area (Å²) in [6.07, 6.45) is 1.06. The van der Waals surface area contributed by atoms with E-state index in [9.17, 15) is 0 Å². The highest BCUT2D eigenvalue weighted by atomic mass is 79.9. The number of hydrogen-bond acceptors (Lipinski definition) is 2. The third-order valence-electron chi connectivity index (χ3n) is 3.68. The Labute approximate surface area is 128 Å². The van der Waals surface area contributed by atoms with Crippen LogP contribution in [0.3, 0.4) is 0 Å². The van der Waals surface area contributed by atoms with Crippen molar-refractivity contribution in [2.75, 3.05) is 13.2 Å². The van der Waals surface area contributed by atoms with Crippen molar-refractivity contribution >= 4 is 15.9 Å². The van der Waals surface area contributed by atoms with Gasteiger partial charge in [-0.3, -0.25) is 0 Å². The fourth-order valence-corrected chi connectivity index (χ4v) is 3.01. The molecule has 0 bridgehead atoms. The molecule has 0 fully saturated rings. The van der Waals surface area contributed by atoms with Crippen LogP contribution in [-0.4, -0.2) is 13.2 Å². The molecule has 1 N–H and O–H groups in total. The van der Waals surface area contributed by atoms with E-state index < -0.39 is 0 Å². The van der Waals surface area contributed by atoms with Crippen molar-refractivity contribution in [3.05, 3.63) is 63.6 Å². The first-order chi connectivity index (χ1) is 9.78. The maximum Gasteiger partial charge on any atom is 0.119 e. The van der Waals surface area contributed by atoms with Gasteiger partial charge in [-0.05, 0) is 54.3 Å². The summed E-state index contributed by atoms with van der Waals surface area (Å²) < 4.78 is 6.72. The van der Waals surface area contributed by atoms with Crippen LogP contribution in [-0.2, 0) is 6.42 Å². The van der Waals surface area contributed by atoms with Crippen LogP contribution < -0.4 is 10.1 Å². The Kier molecular flexibility index (Phi) is 4.08. The van der Waals surface area contributed by atoms with Crippen LogP contribution in [0.15, 0.2) is 46.9 Å². The van der Waals surface area contributed by atoms with E-state index in [-0.39, 0.29) is 6.04 Å². The summed E-state index contributed by atoms with van der Waals surface area (Å²) in [6.45, 7) is 3.74. The first-order valence-electron chi connectivity index (χ1n) is 7.02.